The van der Waals surface area contributed by atoms with E-state index >= 15 is 0 Å². The number of para-hydroxylation sites is 2. The van der Waals surface area contributed by atoms with Crippen LogP contribution in [-0.2, 0) is 14.4 Å². The molecule has 2 amide bonds. The lowest BCUT2D eigenvalue weighted by atomic mass is 10.2. The van der Waals surface area contributed by atoms with E-state index in [0.29, 0.717) is 0 Å². The number of nitrogens with one attached hydrogen (secondary N) is 1. The number of nitrogens with two attached hydrogens (primary N) is 1. The van der Waals surface area contributed by atoms with Crippen molar-refractivity contribution in [1.82, 2.24) is 5.32 Å². The molecule has 0 radical (unpaired) electrons. The fourth-order valence-corrected chi connectivity index (χ4v) is 1.36. The van der Waals surface area contributed by atoms with Crippen LogP contribution in [0.15, 0.2) is 24.3 Å². The molecule has 0 saturated carbocycles. The molecule has 0 aliphatic carbocycles. The first kappa shape index (κ1) is 15.3. The molecule has 1 atom stereocenters. The van der Waals surface area contributed by atoms with E-state index in [9.17, 15) is 19.5 Å². The van der Waals surface area contributed by atoms with Crippen molar-refractivity contribution < 1.29 is 29.3 Å². The summed E-state index contributed by atoms with van der Waals surface area (Å²) in [6.45, 7) is -0.500. The Morgan fingerprint density at radius 2 is 1.95 bits per heavy atom. The number of amides is 2. The summed E-state index contributed by atoms with van der Waals surface area (Å²) in [5.41, 5.74) is 4.87. The van der Waals surface area contributed by atoms with Gasteiger partial charge >= 0.3 is 5.97 Å². The number of benzene rings is 1. The number of ether oxygens (including phenoxy) is 1. The van der Waals surface area contributed by atoms with Crippen molar-refractivity contribution in [3.8, 4) is 11.5 Å². The number of primary amides is 1. The molecule has 0 bridgehead atoms. The van der Waals surface area contributed by atoms with Gasteiger partial charge in [-0.25, -0.2) is 4.79 Å². The number of hydrogen-bond donors (Lipinski definition) is 4. The van der Waals surface area contributed by atoms with Gasteiger partial charge in [-0.1, -0.05) is 12.1 Å². The van der Waals surface area contributed by atoms with Gasteiger partial charge in [-0.2, -0.15) is 0 Å². The van der Waals surface area contributed by atoms with E-state index in [1.165, 1.54) is 12.1 Å². The molecule has 108 valence electrons. The Labute approximate surface area is 114 Å². The number of phenolic OH excluding ortho intramolecular Hbond substituents is 1. The number of carboxylic acids is 1. The van der Waals surface area contributed by atoms with Crippen LogP contribution >= 0.6 is 0 Å². The van der Waals surface area contributed by atoms with Gasteiger partial charge in [0.05, 0.1) is 6.42 Å². The molecule has 1 aromatic rings. The van der Waals surface area contributed by atoms with Crippen molar-refractivity contribution in [3.63, 3.8) is 0 Å². The van der Waals surface area contributed by atoms with E-state index in [4.69, 9.17) is 15.6 Å². The zero-order valence-corrected chi connectivity index (χ0v) is 10.4. The average Bonchev–Trinajstić information content (AvgIpc) is 2.36. The molecule has 8 nitrogen and oxygen atoms in total. The van der Waals surface area contributed by atoms with Gasteiger partial charge in [0, 0.05) is 0 Å². The number of rotatable bonds is 7. The third-order valence-corrected chi connectivity index (χ3v) is 2.26. The Morgan fingerprint density at radius 3 is 2.50 bits per heavy atom. The topological polar surface area (TPSA) is 139 Å². The fourth-order valence-electron chi connectivity index (χ4n) is 1.36. The van der Waals surface area contributed by atoms with Gasteiger partial charge in [-0.05, 0) is 12.1 Å². The van der Waals surface area contributed by atoms with E-state index in [1.54, 1.807) is 12.1 Å². The molecule has 1 rings (SSSR count). The van der Waals surface area contributed by atoms with Crippen LogP contribution in [0.1, 0.15) is 6.42 Å². The molecule has 5 N–H and O–H groups in total. The lowest BCUT2D eigenvalue weighted by Crippen LogP contribution is -2.45. The minimum absolute atomic E-state index is 0.0874. The molecule has 0 spiro atoms. The smallest absolute Gasteiger partial charge is 0.326 e. The van der Waals surface area contributed by atoms with Crippen LogP contribution in [0.2, 0.25) is 0 Å². The van der Waals surface area contributed by atoms with Crippen molar-refractivity contribution in [2.45, 2.75) is 12.5 Å². The molecule has 0 aliphatic rings. The van der Waals surface area contributed by atoms with Crippen LogP contribution in [0.4, 0.5) is 0 Å². The Balaban J connectivity index is 2.52. The quantitative estimate of drug-likeness (QED) is 0.517. The number of carbonyl (C=O) groups excluding carboxylic acids is 2. The second kappa shape index (κ2) is 6.98. The van der Waals surface area contributed by atoms with Crippen molar-refractivity contribution in [2.75, 3.05) is 6.61 Å². The van der Waals surface area contributed by atoms with E-state index in [0.717, 1.165) is 0 Å². The minimum Gasteiger partial charge on any atom is -0.504 e. The van der Waals surface area contributed by atoms with E-state index in [1.807, 2.05) is 0 Å². The molecule has 1 aromatic carbocycles. The molecule has 0 saturated heterocycles. The van der Waals surface area contributed by atoms with Crippen molar-refractivity contribution >= 4 is 17.8 Å². The van der Waals surface area contributed by atoms with Gasteiger partial charge in [0.1, 0.15) is 6.04 Å². The number of hydrogen-bond acceptors (Lipinski definition) is 5. The molecule has 1 unspecified atom stereocenters. The predicted molar refractivity (Wildman–Crippen MR) is 67.0 cm³/mol. The van der Waals surface area contributed by atoms with Crippen molar-refractivity contribution in [3.05, 3.63) is 24.3 Å². The third kappa shape index (κ3) is 4.84. The maximum atomic E-state index is 11.5. The minimum atomic E-state index is -1.41. The van der Waals surface area contributed by atoms with E-state index < -0.39 is 36.9 Å². The number of phenols is 1. The molecular formula is C12H14N2O6. The maximum Gasteiger partial charge on any atom is 0.326 e. The number of aromatic hydroxyl groups is 1. The highest BCUT2D eigenvalue weighted by atomic mass is 16.5. The van der Waals surface area contributed by atoms with Gasteiger partial charge in [-0.15, -0.1) is 0 Å². The van der Waals surface area contributed by atoms with Gasteiger partial charge in [-0.3, -0.25) is 9.59 Å². The van der Waals surface area contributed by atoms with Crippen molar-refractivity contribution in [2.24, 2.45) is 5.73 Å². The van der Waals surface area contributed by atoms with Gasteiger partial charge in [0.15, 0.2) is 18.1 Å². The molecule has 8 heteroatoms. The first-order valence-electron chi connectivity index (χ1n) is 5.61. The first-order valence-corrected chi connectivity index (χ1v) is 5.61. The van der Waals surface area contributed by atoms with Gasteiger partial charge in [0.2, 0.25) is 5.91 Å². The highest BCUT2D eigenvalue weighted by molar-refractivity contribution is 5.88. The van der Waals surface area contributed by atoms with Crippen molar-refractivity contribution in [1.29, 1.82) is 0 Å². The summed E-state index contributed by atoms with van der Waals surface area (Å²) < 4.78 is 5.01. The van der Waals surface area contributed by atoms with E-state index in [2.05, 4.69) is 5.32 Å². The van der Waals surface area contributed by atoms with Crippen LogP contribution in [0.5, 0.6) is 11.5 Å². The molecule has 0 fully saturated rings. The maximum absolute atomic E-state index is 11.5. The van der Waals surface area contributed by atoms with Crippen LogP contribution in [0.3, 0.4) is 0 Å². The number of carbonyl (C=O) groups is 3. The lowest BCUT2D eigenvalue weighted by Gasteiger charge is -2.13. The summed E-state index contributed by atoms with van der Waals surface area (Å²) in [6.07, 6.45) is -0.516. The molecule has 0 aromatic heterocycles. The monoisotopic (exact) mass is 282 g/mol. The number of carboxylic acid groups (broad SMARTS) is 1. The summed E-state index contributed by atoms with van der Waals surface area (Å²) in [5, 5.41) is 20.3. The fraction of sp³-hybridized carbons (Fsp3) is 0.250. The summed E-state index contributed by atoms with van der Waals surface area (Å²) in [5.74, 6) is -3.03. The normalized spacial score (nSPS) is 11.4. The SMILES string of the molecule is NC(=O)CC(NC(=O)COc1ccccc1O)C(=O)O. The van der Waals surface area contributed by atoms with Crippen LogP contribution in [0.25, 0.3) is 0 Å². The summed E-state index contributed by atoms with van der Waals surface area (Å²) in [7, 11) is 0. The average molecular weight is 282 g/mol. The molecular weight excluding hydrogens is 268 g/mol. The molecule has 0 aliphatic heterocycles. The Kier molecular flexibility index (Phi) is 5.33. The third-order valence-electron chi connectivity index (χ3n) is 2.26. The van der Waals surface area contributed by atoms with Gasteiger partial charge < -0.3 is 26.0 Å². The van der Waals surface area contributed by atoms with Crippen LogP contribution in [-0.4, -0.2) is 40.6 Å². The second-order valence-corrected chi connectivity index (χ2v) is 3.89. The first-order chi connectivity index (χ1) is 9.40. The summed E-state index contributed by atoms with van der Waals surface area (Å²) >= 11 is 0. The predicted octanol–water partition coefficient (Wildman–Crippen LogP) is -0.784. The molecule has 20 heavy (non-hydrogen) atoms. The molecule has 0 heterocycles. The Hall–Kier alpha value is -2.77. The summed E-state index contributed by atoms with van der Waals surface area (Å²) in [6, 6.07) is 4.59. The lowest BCUT2D eigenvalue weighted by molar-refractivity contribution is -0.143. The Morgan fingerprint density at radius 1 is 1.30 bits per heavy atom. The largest absolute Gasteiger partial charge is 0.504 e. The van der Waals surface area contributed by atoms with Gasteiger partial charge in [0.25, 0.3) is 5.91 Å². The number of aliphatic carboxylic acids is 1. The van der Waals surface area contributed by atoms with E-state index in [-0.39, 0.29) is 11.5 Å². The standard InChI is InChI=1S/C12H14N2O6/c13-10(16)5-7(12(18)19)14-11(17)6-20-9-4-2-1-3-8(9)15/h1-4,7,15H,5-6H2,(H2,13,16)(H,14,17)(H,18,19). The zero-order chi connectivity index (χ0) is 15.1. The van der Waals surface area contributed by atoms with Crippen LogP contribution in [0, 0.1) is 0 Å². The highest BCUT2D eigenvalue weighted by Crippen LogP contribution is 2.23. The van der Waals surface area contributed by atoms with Crippen LogP contribution < -0.4 is 15.8 Å². The summed E-state index contributed by atoms with van der Waals surface area (Å²) in [4.78, 5) is 32.9. The second-order valence-electron chi connectivity index (χ2n) is 3.89. The highest BCUT2D eigenvalue weighted by Gasteiger charge is 2.22. The zero-order valence-electron chi connectivity index (χ0n) is 10.4. The Bertz CT molecular complexity index is 516.